The Morgan fingerprint density at radius 1 is 1.13 bits per heavy atom. The summed E-state index contributed by atoms with van der Waals surface area (Å²) in [5.74, 6) is -0.0303. The lowest BCUT2D eigenvalue weighted by Gasteiger charge is -2.16. The molecule has 2 aromatic carbocycles. The van der Waals surface area contributed by atoms with Crippen molar-refractivity contribution in [2.75, 3.05) is 13.7 Å². The van der Waals surface area contributed by atoms with E-state index in [0.29, 0.717) is 34.7 Å². The number of methoxy groups -OCH3 is 1. The van der Waals surface area contributed by atoms with Crippen LogP contribution in [-0.4, -0.2) is 24.7 Å². The minimum atomic E-state index is -1.23. The molecule has 0 aliphatic rings. The first-order chi connectivity index (χ1) is 14.4. The molecule has 0 unspecified atom stereocenters. The van der Waals surface area contributed by atoms with Gasteiger partial charge in [-0.2, -0.15) is 0 Å². The molecule has 30 heavy (non-hydrogen) atoms. The molecule has 1 aromatic heterocycles. The molecule has 158 valence electrons. The fourth-order valence-electron chi connectivity index (χ4n) is 3.37. The van der Waals surface area contributed by atoms with E-state index in [1.807, 2.05) is 37.3 Å². The second-order valence-corrected chi connectivity index (χ2v) is 8.12. The SMILES string of the molecule is CCCCCCOc1c(Br)cc(-c2cc(C(=O)[O-])c3cc(C)ccc3n2)cc1OC. The number of rotatable bonds is 9. The van der Waals surface area contributed by atoms with E-state index in [-0.39, 0.29) is 5.56 Å². The second-order valence-electron chi connectivity index (χ2n) is 7.26. The zero-order valence-corrected chi connectivity index (χ0v) is 19.0. The molecular weight excluding hydrogens is 446 g/mol. The van der Waals surface area contributed by atoms with Crippen LogP contribution in [0, 0.1) is 6.92 Å². The molecule has 0 N–H and O–H groups in total. The number of pyridine rings is 1. The van der Waals surface area contributed by atoms with E-state index in [4.69, 9.17) is 9.47 Å². The molecule has 0 aliphatic carbocycles. The van der Waals surface area contributed by atoms with Crippen molar-refractivity contribution < 1.29 is 19.4 Å². The number of carbonyl (C=O) groups is 1. The van der Waals surface area contributed by atoms with Gasteiger partial charge in [0.15, 0.2) is 11.5 Å². The molecular formula is C24H25BrNO4-. The monoisotopic (exact) mass is 470 g/mol. The maximum absolute atomic E-state index is 11.8. The van der Waals surface area contributed by atoms with E-state index in [0.717, 1.165) is 28.4 Å². The topological polar surface area (TPSA) is 71.5 Å². The van der Waals surface area contributed by atoms with Crippen LogP contribution >= 0.6 is 15.9 Å². The number of benzene rings is 2. The summed E-state index contributed by atoms with van der Waals surface area (Å²) >= 11 is 3.56. The van der Waals surface area contributed by atoms with Crippen LogP contribution in [-0.2, 0) is 0 Å². The van der Waals surface area contributed by atoms with Gasteiger partial charge in [-0.1, -0.05) is 37.8 Å². The van der Waals surface area contributed by atoms with Gasteiger partial charge in [-0.05, 0) is 59.6 Å². The molecule has 0 spiro atoms. The normalized spacial score (nSPS) is 10.9. The van der Waals surface area contributed by atoms with E-state index < -0.39 is 5.97 Å². The Bertz CT molecular complexity index is 1060. The van der Waals surface area contributed by atoms with Crippen LogP contribution in [0.2, 0.25) is 0 Å². The number of aromatic carboxylic acids is 1. The molecule has 1 heterocycles. The molecule has 6 heteroatoms. The first kappa shape index (κ1) is 22.1. The number of hydrogen-bond acceptors (Lipinski definition) is 5. The highest BCUT2D eigenvalue weighted by atomic mass is 79.9. The number of aromatic nitrogens is 1. The third-order valence-electron chi connectivity index (χ3n) is 4.95. The molecule has 0 amide bonds. The van der Waals surface area contributed by atoms with Crippen LogP contribution in [0.4, 0.5) is 0 Å². The van der Waals surface area contributed by atoms with Crippen molar-refractivity contribution in [1.29, 1.82) is 0 Å². The number of hydrogen-bond donors (Lipinski definition) is 0. The highest BCUT2D eigenvalue weighted by molar-refractivity contribution is 9.10. The summed E-state index contributed by atoms with van der Waals surface area (Å²) in [6.07, 6.45) is 4.47. The molecule has 0 saturated carbocycles. The van der Waals surface area contributed by atoms with Crippen LogP contribution in [0.25, 0.3) is 22.2 Å². The van der Waals surface area contributed by atoms with Gasteiger partial charge in [0.25, 0.3) is 0 Å². The Hall–Kier alpha value is -2.60. The third kappa shape index (κ3) is 4.93. The van der Waals surface area contributed by atoms with E-state index in [2.05, 4.69) is 27.8 Å². The van der Waals surface area contributed by atoms with Gasteiger partial charge in [0.05, 0.1) is 35.4 Å². The summed E-state index contributed by atoms with van der Waals surface area (Å²) < 4.78 is 12.2. The van der Waals surface area contributed by atoms with Crippen molar-refractivity contribution in [2.24, 2.45) is 0 Å². The lowest BCUT2D eigenvalue weighted by atomic mass is 10.0. The Morgan fingerprint density at radius 2 is 1.93 bits per heavy atom. The lowest BCUT2D eigenvalue weighted by molar-refractivity contribution is -0.254. The summed E-state index contributed by atoms with van der Waals surface area (Å²) in [7, 11) is 1.58. The largest absolute Gasteiger partial charge is 0.545 e. The van der Waals surface area contributed by atoms with Crippen LogP contribution < -0.4 is 14.6 Å². The number of carboxylic acids is 1. The molecule has 0 fully saturated rings. The van der Waals surface area contributed by atoms with Crippen molar-refractivity contribution in [3.05, 3.63) is 52.0 Å². The molecule has 5 nitrogen and oxygen atoms in total. The fraction of sp³-hybridized carbons (Fsp3) is 0.333. The highest BCUT2D eigenvalue weighted by Crippen LogP contribution is 2.40. The molecule has 0 aliphatic heterocycles. The number of unbranched alkanes of at least 4 members (excludes halogenated alkanes) is 3. The van der Waals surface area contributed by atoms with Crippen molar-refractivity contribution in [2.45, 2.75) is 39.5 Å². The number of nitrogens with zero attached hydrogens (tertiary/aromatic N) is 1. The Balaban J connectivity index is 1.99. The quantitative estimate of drug-likeness (QED) is 0.396. The summed E-state index contributed by atoms with van der Waals surface area (Å²) in [5, 5.41) is 12.3. The van der Waals surface area contributed by atoms with Gasteiger partial charge in [-0.15, -0.1) is 0 Å². The van der Waals surface area contributed by atoms with Crippen LogP contribution in [0.15, 0.2) is 40.9 Å². The smallest absolute Gasteiger partial charge is 0.175 e. The zero-order valence-electron chi connectivity index (χ0n) is 17.5. The number of carboxylic acid groups (broad SMARTS) is 1. The third-order valence-corrected chi connectivity index (χ3v) is 5.54. The average Bonchev–Trinajstić information content (AvgIpc) is 2.73. The maximum atomic E-state index is 11.8. The van der Waals surface area contributed by atoms with Gasteiger partial charge in [0, 0.05) is 16.5 Å². The van der Waals surface area contributed by atoms with E-state index in [1.54, 1.807) is 13.2 Å². The molecule has 0 radical (unpaired) electrons. The van der Waals surface area contributed by atoms with Crippen LogP contribution in [0.3, 0.4) is 0 Å². The van der Waals surface area contributed by atoms with E-state index >= 15 is 0 Å². The van der Waals surface area contributed by atoms with Crippen molar-refractivity contribution in [3.8, 4) is 22.8 Å². The summed E-state index contributed by atoms with van der Waals surface area (Å²) in [6.45, 7) is 4.69. The first-order valence-electron chi connectivity index (χ1n) is 10.1. The molecule has 0 bridgehead atoms. The van der Waals surface area contributed by atoms with Crippen LogP contribution in [0.5, 0.6) is 11.5 Å². The van der Waals surface area contributed by atoms with Gasteiger partial charge in [-0.3, -0.25) is 0 Å². The van der Waals surface area contributed by atoms with Crippen molar-refractivity contribution in [1.82, 2.24) is 4.98 Å². The summed E-state index contributed by atoms with van der Waals surface area (Å²) in [4.78, 5) is 16.4. The number of aryl methyl sites for hydroxylation is 1. The number of carbonyl (C=O) groups excluding carboxylic acids is 1. The molecule has 3 rings (SSSR count). The molecule has 0 saturated heterocycles. The van der Waals surface area contributed by atoms with Gasteiger partial charge < -0.3 is 19.4 Å². The maximum Gasteiger partial charge on any atom is 0.175 e. The fourth-order valence-corrected chi connectivity index (χ4v) is 3.92. The standard InChI is InChI=1S/C24H26BrNO4/c1-4-5-6-7-10-30-23-19(25)12-16(13-22(23)29-3)21-14-18(24(27)28)17-11-15(2)8-9-20(17)26-21/h8-9,11-14H,4-7,10H2,1-3H3,(H,27,28)/p-1. The van der Waals surface area contributed by atoms with E-state index in [1.165, 1.54) is 12.8 Å². The minimum absolute atomic E-state index is 0.116. The first-order valence-corrected chi connectivity index (χ1v) is 10.9. The predicted molar refractivity (Wildman–Crippen MR) is 120 cm³/mol. The van der Waals surface area contributed by atoms with E-state index in [9.17, 15) is 9.90 Å². The zero-order chi connectivity index (χ0) is 21.7. The second kappa shape index (κ2) is 9.94. The number of halogens is 1. The van der Waals surface area contributed by atoms with Crippen molar-refractivity contribution in [3.63, 3.8) is 0 Å². The van der Waals surface area contributed by atoms with Gasteiger partial charge in [0.2, 0.25) is 0 Å². The molecule has 0 atom stereocenters. The lowest BCUT2D eigenvalue weighted by Crippen LogP contribution is -2.22. The highest BCUT2D eigenvalue weighted by Gasteiger charge is 2.15. The molecule has 3 aromatic rings. The Morgan fingerprint density at radius 3 is 2.63 bits per heavy atom. The summed E-state index contributed by atoms with van der Waals surface area (Å²) in [6, 6.07) is 10.8. The average molecular weight is 471 g/mol. The Labute approximate surface area is 185 Å². The van der Waals surface area contributed by atoms with Gasteiger partial charge >= 0.3 is 0 Å². The number of fused-ring (bicyclic) bond motifs is 1. The summed E-state index contributed by atoms with van der Waals surface area (Å²) in [5.41, 5.74) is 2.93. The predicted octanol–water partition coefficient (Wildman–Crippen LogP) is 5.30. The van der Waals surface area contributed by atoms with Gasteiger partial charge in [0.1, 0.15) is 0 Å². The van der Waals surface area contributed by atoms with Crippen molar-refractivity contribution >= 4 is 32.8 Å². The minimum Gasteiger partial charge on any atom is -0.545 e. The number of ether oxygens (including phenoxy) is 2. The van der Waals surface area contributed by atoms with Crippen LogP contribution in [0.1, 0.15) is 48.5 Å². The Kier molecular flexibility index (Phi) is 7.32. The van der Waals surface area contributed by atoms with Gasteiger partial charge in [-0.25, -0.2) is 4.98 Å².